The Morgan fingerprint density at radius 2 is 2.12 bits per heavy atom. The Bertz CT molecular complexity index is 863. The largest absolute Gasteiger partial charge is 0.378 e. The molecular formula is C17H21FN6O. The van der Waals surface area contributed by atoms with E-state index < -0.39 is 0 Å². The molecule has 0 aliphatic rings. The van der Waals surface area contributed by atoms with Crippen LogP contribution in [0.3, 0.4) is 0 Å². The highest BCUT2D eigenvalue weighted by molar-refractivity contribution is 5.45. The number of benzene rings is 1. The molecule has 0 bridgehead atoms. The van der Waals surface area contributed by atoms with Crippen LogP contribution in [0.5, 0.6) is 0 Å². The fourth-order valence-electron chi connectivity index (χ4n) is 2.57. The molecule has 2 heterocycles. The summed E-state index contributed by atoms with van der Waals surface area (Å²) in [7, 11) is 5.44. The molecule has 0 saturated carbocycles. The van der Waals surface area contributed by atoms with Crippen LogP contribution in [0.25, 0.3) is 5.78 Å². The maximum absolute atomic E-state index is 14.2. The first-order valence-corrected chi connectivity index (χ1v) is 7.91. The number of methoxy groups -OCH3 is 1. The summed E-state index contributed by atoms with van der Waals surface area (Å²) in [6.45, 7) is 1.42. The van der Waals surface area contributed by atoms with Crippen molar-refractivity contribution in [3.8, 4) is 0 Å². The van der Waals surface area contributed by atoms with Gasteiger partial charge in [-0.1, -0.05) is 12.1 Å². The number of aromatic nitrogens is 4. The third-order valence-corrected chi connectivity index (χ3v) is 3.67. The van der Waals surface area contributed by atoms with E-state index >= 15 is 0 Å². The monoisotopic (exact) mass is 344 g/mol. The number of anilines is 1. The summed E-state index contributed by atoms with van der Waals surface area (Å²) in [6, 6.07) is 7.15. The average Bonchev–Trinajstić information content (AvgIpc) is 3.03. The van der Waals surface area contributed by atoms with Crippen LogP contribution in [-0.2, 0) is 24.4 Å². The van der Waals surface area contributed by atoms with Gasteiger partial charge in [0.1, 0.15) is 18.0 Å². The number of ether oxygens (including phenoxy) is 1. The van der Waals surface area contributed by atoms with Gasteiger partial charge in [-0.15, -0.1) is 0 Å². The smallest absolute Gasteiger partial charge is 0.254 e. The molecule has 0 saturated heterocycles. The molecule has 0 aliphatic carbocycles. The molecule has 0 spiro atoms. The summed E-state index contributed by atoms with van der Waals surface area (Å²) in [5, 5.41) is 7.42. The molecule has 132 valence electrons. The normalized spacial score (nSPS) is 11.4. The quantitative estimate of drug-likeness (QED) is 0.708. The summed E-state index contributed by atoms with van der Waals surface area (Å²) in [5.41, 5.74) is 2.27. The van der Waals surface area contributed by atoms with E-state index in [1.165, 1.54) is 6.33 Å². The van der Waals surface area contributed by atoms with Gasteiger partial charge in [0.05, 0.1) is 12.3 Å². The molecule has 0 aliphatic heterocycles. The lowest BCUT2D eigenvalue weighted by atomic mass is 10.1. The second-order valence-corrected chi connectivity index (χ2v) is 6.05. The highest BCUT2D eigenvalue weighted by Crippen LogP contribution is 2.16. The van der Waals surface area contributed by atoms with Crippen LogP contribution < -0.4 is 5.32 Å². The van der Waals surface area contributed by atoms with Gasteiger partial charge in [0.2, 0.25) is 0 Å². The van der Waals surface area contributed by atoms with E-state index in [4.69, 9.17) is 4.74 Å². The highest BCUT2D eigenvalue weighted by atomic mass is 19.1. The molecule has 7 nitrogen and oxygen atoms in total. The minimum absolute atomic E-state index is 0.200. The van der Waals surface area contributed by atoms with Crippen molar-refractivity contribution >= 4 is 11.6 Å². The van der Waals surface area contributed by atoms with Crippen LogP contribution in [0, 0.1) is 5.82 Å². The Kier molecular flexibility index (Phi) is 5.20. The molecule has 1 N–H and O–H groups in total. The number of hydrogen-bond donors (Lipinski definition) is 1. The van der Waals surface area contributed by atoms with Crippen LogP contribution in [-0.4, -0.2) is 45.7 Å². The fourth-order valence-corrected chi connectivity index (χ4v) is 2.57. The summed E-state index contributed by atoms with van der Waals surface area (Å²) >= 11 is 0. The molecule has 3 rings (SSSR count). The summed E-state index contributed by atoms with van der Waals surface area (Å²) < 4.78 is 20.9. The van der Waals surface area contributed by atoms with Gasteiger partial charge in [0.25, 0.3) is 5.78 Å². The Hall–Kier alpha value is -2.58. The molecule has 3 aromatic rings. The second kappa shape index (κ2) is 7.54. The molecule has 0 amide bonds. The molecule has 0 atom stereocenters. The minimum atomic E-state index is -0.200. The lowest BCUT2D eigenvalue weighted by molar-refractivity contribution is 0.181. The van der Waals surface area contributed by atoms with Crippen LogP contribution in [0.2, 0.25) is 0 Å². The molecule has 8 heteroatoms. The van der Waals surface area contributed by atoms with Crippen molar-refractivity contribution in [2.75, 3.05) is 26.5 Å². The highest BCUT2D eigenvalue weighted by Gasteiger charge is 2.09. The van der Waals surface area contributed by atoms with Gasteiger partial charge >= 0.3 is 0 Å². The van der Waals surface area contributed by atoms with Gasteiger partial charge in [-0.2, -0.15) is 14.6 Å². The topological polar surface area (TPSA) is 67.6 Å². The number of halogens is 1. The predicted octanol–water partition coefficient (Wildman–Crippen LogP) is 2.08. The van der Waals surface area contributed by atoms with Gasteiger partial charge < -0.3 is 15.0 Å². The summed E-state index contributed by atoms with van der Waals surface area (Å²) in [4.78, 5) is 10.4. The first kappa shape index (κ1) is 17.2. The van der Waals surface area contributed by atoms with Gasteiger partial charge in [-0.3, -0.25) is 0 Å². The van der Waals surface area contributed by atoms with E-state index in [1.54, 1.807) is 17.7 Å². The minimum Gasteiger partial charge on any atom is -0.378 e. The van der Waals surface area contributed by atoms with E-state index in [2.05, 4.69) is 20.4 Å². The zero-order valence-electron chi connectivity index (χ0n) is 14.5. The number of hydrogen-bond acceptors (Lipinski definition) is 6. The number of rotatable bonds is 7. The maximum atomic E-state index is 14.2. The van der Waals surface area contributed by atoms with Crippen LogP contribution in [0.1, 0.15) is 16.8 Å². The van der Waals surface area contributed by atoms with Crippen molar-refractivity contribution in [2.45, 2.75) is 19.7 Å². The van der Waals surface area contributed by atoms with Crippen LogP contribution in [0.4, 0.5) is 10.2 Å². The first-order valence-electron chi connectivity index (χ1n) is 7.91. The zero-order valence-corrected chi connectivity index (χ0v) is 14.5. The molecule has 0 radical (unpaired) electrons. The van der Waals surface area contributed by atoms with Gasteiger partial charge in [0, 0.05) is 31.8 Å². The predicted molar refractivity (Wildman–Crippen MR) is 92.6 cm³/mol. The van der Waals surface area contributed by atoms with Crippen molar-refractivity contribution in [1.29, 1.82) is 0 Å². The average molecular weight is 344 g/mol. The van der Waals surface area contributed by atoms with Crippen LogP contribution in [0.15, 0.2) is 30.6 Å². The summed E-state index contributed by atoms with van der Waals surface area (Å²) in [6.07, 6.45) is 1.44. The molecule has 2 aromatic heterocycles. The van der Waals surface area contributed by atoms with Crippen molar-refractivity contribution in [3.63, 3.8) is 0 Å². The number of fused-ring (bicyclic) bond motifs is 1. The molecule has 0 fully saturated rings. The lowest BCUT2D eigenvalue weighted by Crippen LogP contribution is -2.12. The Labute approximate surface area is 145 Å². The molecule has 1 aromatic carbocycles. The van der Waals surface area contributed by atoms with E-state index in [9.17, 15) is 4.39 Å². The number of nitrogens with zero attached hydrogens (tertiary/aromatic N) is 5. The third kappa shape index (κ3) is 4.09. The van der Waals surface area contributed by atoms with Crippen molar-refractivity contribution in [2.24, 2.45) is 0 Å². The second-order valence-electron chi connectivity index (χ2n) is 6.05. The Balaban J connectivity index is 1.78. The van der Waals surface area contributed by atoms with Gasteiger partial charge in [-0.05, 0) is 25.7 Å². The molecule has 25 heavy (non-hydrogen) atoms. The van der Waals surface area contributed by atoms with Gasteiger partial charge in [-0.25, -0.2) is 9.37 Å². The SMILES string of the molecule is COCc1cc(NCc2ccc(CN(C)C)c(F)c2)n2ncnc2n1. The van der Waals surface area contributed by atoms with Crippen molar-refractivity contribution < 1.29 is 9.13 Å². The summed E-state index contributed by atoms with van der Waals surface area (Å²) in [5.74, 6) is 1.02. The maximum Gasteiger partial charge on any atom is 0.254 e. The molecular weight excluding hydrogens is 323 g/mol. The van der Waals surface area contributed by atoms with Crippen molar-refractivity contribution in [1.82, 2.24) is 24.5 Å². The first-order chi connectivity index (χ1) is 12.1. The van der Waals surface area contributed by atoms with E-state index in [0.717, 1.165) is 17.1 Å². The lowest BCUT2D eigenvalue weighted by Gasteiger charge is -2.13. The van der Waals surface area contributed by atoms with Crippen molar-refractivity contribution in [3.05, 3.63) is 53.2 Å². The van der Waals surface area contributed by atoms with E-state index in [-0.39, 0.29) is 5.82 Å². The Morgan fingerprint density at radius 3 is 2.84 bits per heavy atom. The fraction of sp³-hybridized carbons (Fsp3) is 0.353. The zero-order chi connectivity index (χ0) is 17.8. The standard InChI is InChI=1S/C17H21FN6O/c1-23(2)9-13-5-4-12(6-15(13)18)8-19-16-7-14(10-25-3)22-17-20-11-21-24(16)17/h4-7,11,19H,8-10H2,1-3H3. The van der Waals surface area contributed by atoms with Gasteiger partial charge in [0.15, 0.2) is 0 Å². The number of nitrogens with one attached hydrogen (secondary N) is 1. The van der Waals surface area contributed by atoms with E-state index in [0.29, 0.717) is 31.0 Å². The van der Waals surface area contributed by atoms with Crippen LogP contribution >= 0.6 is 0 Å². The third-order valence-electron chi connectivity index (χ3n) is 3.67. The Morgan fingerprint density at radius 1 is 1.28 bits per heavy atom. The van der Waals surface area contributed by atoms with E-state index in [1.807, 2.05) is 37.2 Å². The molecule has 0 unspecified atom stereocenters.